The summed E-state index contributed by atoms with van der Waals surface area (Å²) in [7, 11) is 0. The van der Waals surface area contributed by atoms with E-state index in [1.807, 2.05) is 25.1 Å². The summed E-state index contributed by atoms with van der Waals surface area (Å²) in [6.07, 6.45) is 1.99. The zero-order valence-electron chi connectivity index (χ0n) is 10.7. The highest BCUT2D eigenvalue weighted by molar-refractivity contribution is 5.90. The Balaban J connectivity index is 2.42. The van der Waals surface area contributed by atoms with Crippen LogP contribution in [0.4, 0.5) is 5.82 Å². The molecule has 0 aliphatic rings. The average molecular weight is 229 g/mol. The fourth-order valence-corrected chi connectivity index (χ4v) is 1.97. The molecule has 0 bridgehead atoms. The summed E-state index contributed by atoms with van der Waals surface area (Å²) in [4.78, 5) is 8.98. The lowest BCUT2D eigenvalue weighted by atomic mass is 10.1. The first-order chi connectivity index (χ1) is 8.08. The number of fused-ring (bicyclic) bond motifs is 1. The molecule has 2 aromatic rings. The highest BCUT2D eigenvalue weighted by atomic mass is 14.9. The normalized spacial score (nSPS) is 11.3. The van der Waals surface area contributed by atoms with Crippen LogP contribution >= 0.6 is 0 Å². The van der Waals surface area contributed by atoms with Crippen molar-refractivity contribution in [1.29, 1.82) is 0 Å². The van der Waals surface area contributed by atoms with Gasteiger partial charge in [-0.05, 0) is 30.9 Å². The van der Waals surface area contributed by atoms with E-state index in [2.05, 4.69) is 23.8 Å². The van der Waals surface area contributed by atoms with E-state index < -0.39 is 0 Å². The number of anilines is 1. The summed E-state index contributed by atoms with van der Waals surface area (Å²) in [5.41, 5.74) is 8.10. The van der Waals surface area contributed by atoms with Gasteiger partial charge in [0, 0.05) is 11.8 Å². The number of aromatic nitrogens is 2. The second-order valence-electron chi connectivity index (χ2n) is 4.93. The van der Waals surface area contributed by atoms with Crippen molar-refractivity contribution in [3.8, 4) is 0 Å². The molecule has 0 saturated carbocycles. The van der Waals surface area contributed by atoms with Gasteiger partial charge in [-0.3, -0.25) is 0 Å². The number of rotatable bonds is 3. The van der Waals surface area contributed by atoms with Gasteiger partial charge in [0.2, 0.25) is 0 Å². The average Bonchev–Trinajstić information content (AvgIpc) is 2.26. The van der Waals surface area contributed by atoms with Gasteiger partial charge in [0.15, 0.2) is 0 Å². The predicted molar refractivity (Wildman–Crippen MR) is 71.8 cm³/mol. The largest absolute Gasteiger partial charge is 0.383 e. The quantitative estimate of drug-likeness (QED) is 0.879. The lowest BCUT2D eigenvalue weighted by Gasteiger charge is -2.08. The van der Waals surface area contributed by atoms with E-state index >= 15 is 0 Å². The van der Waals surface area contributed by atoms with E-state index in [1.54, 1.807) is 0 Å². The SMILES string of the molecule is Cc1cccc2nc(CCC(C)C)nc(N)c12. The van der Waals surface area contributed by atoms with Crippen LogP contribution in [-0.4, -0.2) is 9.97 Å². The van der Waals surface area contributed by atoms with Crippen molar-refractivity contribution < 1.29 is 0 Å². The first-order valence-corrected chi connectivity index (χ1v) is 6.09. The Morgan fingerprint density at radius 3 is 2.71 bits per heavy atom. The second kappa shape index (κ2) is 4.70. The third-order valence-corrected chi connectivity index (χ3v) is 2.95. The molecule has 1 aromatic heterocycles. The lowest BCUT2D eigenvalue weighted by Crippen LogP contribution is -2.03. The Kier molecular flexibility index (Phi) is 3.27. The molecular weight excluding hydrogens is 210 g/mol. The van der Waals surface area contributed by atoms with Crippen molar-refractivity contribution in [2.45, 2.75) is 33.6 Å². The van der Waals surface area contributed by atoms with Crippen LogP contribution in [0.3, 0.4) is 0 Å². The molecular formula is C14H19N3. The molecule has 0 aliphatic carbocycles. The molecule has 17 heavy (non-hydrogen) atoms. The van der Waals surface area contributed by atoms with Crippen LogP contribution in [0.5, 0.6) is 0 Å². The second-order valence-corrected chi connectivity index (χ2v) is 4.93. The van der Waals surface area contributed by atoms with E-state index in [4.69, 9.17) is 5.73 Å². The van der Waals surface area contributed by atoms with Crippen molar-refractivity contribution in [3.63, 3.8) is 0 Å². The molecule has 0 fully saturated rings. The first-order valence-electron chi connectivity index (χ1n) is 6.09. The molecule has 0 aliphatic heterocycles. The number of benzene rings is 1. The maximum Gasteiger partial charge on any atom is 0.135 e. The van der Waals surface area contributed by atoms with Gasteiger partial charge in [-0.15, -0.1) is 0 Å². The molecule has 0 amide bonds. The molecule has 3 nitrogen and oxygen atoms in total. The zero-order valence-corrected chi connectivity index (χ0v) is 10.7. The molecule has 1 heterocycles. The smallest absolute Gasteiger partial charge is 0.135 e. The van der Waals surface area contributed by atoms with Crippen LogP contribution in [-0.2, 0) is 6.42 Å². The standard InChI is InChI=1S/C14H19N3/c1-9(2)7-8-12-16-11-6-4-5-10(3)13(11)14(15)17-12/h4-6,9H,7-8H2,1-3H3,(H2,15,16,17). The third kappa shape index (κ3) is 2.54. The van der Waals surface area contributed by atoms with Gasteiger partial charge < -0.3 is 5.73 Å². The molecule has 2 N–H and O–H groups in total. The predicted octanol–water partition coefficient (Wildman–Crippen LogP) is 3.11. The Hall–Kier alpha value is -1.64. The Morgan fingerprint density at radius 2 is 2.00 bits per heavy atom. The number of aryl methyl sites for hydroxylation is 2. The number of nitrogen functional groups attached to an aromatic ring is 1. The molecule has 1 aromatic carbocycles. The van der Waals surface area contributed by atoms with E-state index in [-0.39, 0.29) is 0 Å². The summed E-state index contributed by atoms with van der Waals surface area (Å²) in [5, 5.41) is 0.987. The summed E-state index contributed by atoms with van der Waals surface area (Å²) in [6, 6.07) is 6.05. The Bertz CT molecular complexity index is 532. The molecule has 2 rings (SSSR count). The summed E-state index contributed by atoms with van der Waals surface area (Å²) in [5.74, 6) is 2.12. The molecule has 90 valence electrons. The Morgan fingerprint density at radius 1 is 1.24 bits per heavy atom. The maximum absolute atomic E-state index is 6.01. The minimum Gasteiger partial charge on any atom is -0.383 e. The van der Waals surface area contributed by atoms with Crippen LogP contribution < -0.4 is 5.73 Å². The Labute approximate surface area is 102 Å². The summed E-state index contributed by atoms with van der Waals surface area (Å²) < 4.78 is 0. The van der Waals surface area contributed by atoms with Crippen molar-refractivity contribution >= 4 is 16.7 Å². The third-order valence-electron chi connectivity index (χ3n) is 2.95. The number of nitrogens with zero attached hydrogens (tertiary/aromatic N) is 2. The van der Waals surface area contributed by atoms with Gasteiger partial charge in [0.05, 0.1) is 5.52 Å². The lowest BCUT2D eigenvalue weighted by molar-refractivity contribution is 0.576. The fraction of sp³-hybridized carbons (Fsp3) is 0.429. The number of nitrogens with two attached hydrogens (primary N) is 1. The van der Waals surface area contributed by atoms with Crippen molar-refractivity contribution in [1.82, 2.24) is 9.97 Å². The van der Waals surface area contributed by atoms with Crippen LogP contribution in [0.25, 0.3) is 10.9 Å². The summed E-state index contributed by atoms with van der Waals surface area (Å²) in [6.45, 7) is 6.44. The van der Waals surface area contributed by atoms with E-state index in [9.17, 15) is 0 Å². The van der Waals surface area contributed by atoms with Gasteiger partial charge in [-0.1, -0.05) is 26.0 Å². The van der Waals surface area contributed by atoms with Crippen LogP contribution in [0.15, 0.2) is 18.2 Å². The van der Waals surface area contributed by atoms with Crippen LogP contribution in [0.1, 0.15) is 31.7 Å². The molecule has 0 unspecified atom stereocenters. The van der Waals surface area contributed by atoms with E-state index in [0.717, 1.165) is 35.1 Å². The van der Waals surface area contributed by atoms with Gasteiger partial charge in [-0.25, -0.2) is 9.97 Å². The van der Waals surface area contributed by atoms with Crippen molar-refractivity contribution in [3.05, 3.63) is 29.6 Å². The minimum atomic E-state index is 0.604. The van der Waals surface area contributed by atoms with Crippen molar-refractivity contribution in [2.24, 2.45) is 5.92 Å². The highest BCUT2D eigenvalue weighted by Gasteiger charge is 2.07. The maximum atomic E-state index is 6.01. The highest BCUT2D eigenvalue weighted by Crippen LogP contribution is 2.22. The van der Waals surface area contributed by atoms with E-state index in [1.165, 1.54) is 0 Å². The monoisotopic (exact) mass is 229 g/mol. The minimum absolute atomic E-state index is 0.604. The van der Waals surface area contributed by atoms with E-state index in [0.29, 0.717) is 11.7 Å². The van der Waals surface area contributed by atoms with Gasteiger partial charge in [0.1, 0.15) is 11.6 Å². The van der Waals surface area contributed by atoms with Gasteiger partial charge in [0.25, 0.3) is 0 Å². The fourth-order valence-electron chi connectivity index (χ4n) is 1.97. The van der Waals surface area contributed by atoms with Gasteiger partial charge >= 0.3 is 0 Å². The molecule has 0 spiro atoms. The zero-order chi connectivity index (χ0) is 12.4. The van der Waals surface area contributed by atoms with Gasteiger partial charge in [-0.2, -0.15) is 0 Å². The summed E-state index contributed by atoms with van der Waals surface area (Å²) >= 11 is 0. The topological polar surface area (TPSA) is 51.8 Å². The first kappa shape index (κ1) is 11.8. The van der Waals surface area contributed by atoms with Crippen LogP contribution in [0.2, 0.25) is 0 Å². The number of hydrogen-bond donors (Lipinski definition) is 1. The van der Waals surface area contributed by atoms with Crippen LogP contribution in [0, 0.1) is 12.8 Å². The number of hydrogen-bond acceptors (Lipinski definition) is 3. The molecule has 0 saturated heterocycles. The molecule has 0 radical (unpaired) electrons. The molecule has 0 atom stereocenters. The van der Waals surface area contributed by atoms with Crippen molar-refractivity contribution in [2.75, 3.05) is 5.73 Å². The molecule has 3 heteroatoms.